The standard InChI is InChI=1S/C24H29N5O4S/c1-2-26-34(30,31)21-5-3-4-18(14-21)27-23-15-20(8-11-25-23)33-22-16-29(19-6-7-19)28-24(22)17-9-12-32-13-10-17/h3-5,8,11,14-17,19,26H,2,6-7,9-10,12-13H2,1H3,(H,25,27). The van der Waals surface area contributed by atoms with Crippen LogP contribution >= 0.6 is 0 Å². The van der Waals surface area contributed by atoms with Gasteiger partial charge in [0.2, 0.25) is 10.0 Å². The molecule has 5 rings (SSSR count). The van der Waals surface area contributed by atoms with E-state index < -0.39 is 10.0 Å². The summed E-state index contributed by atoms with van der Waals surface area (Å²) in [4.78, 5) is 4.56. The normalized spacial score (nSPS) is 17.0. The van der Waals surface area contributed by atoms with E-state index in [1.165, 1.54) is 0 Å². The largest absolute Gasteiger partial charge is 0.454 e. The van der Waals surface area contributed by atoms with Gasteiger partial charge in [0.15, 0.2) is 5.75 Å². The van der Waals surface area contributed by atoms with E-state index in [4.69, 9.17) is 14.6 Å². The summed E-state index contributed by atoms with van der Waals surface area (Å²) in [6.45, 7) is 3.56. The first-order chi connectivity index (χ1) is 16.5. The molecule has 0 unspecified atom stereocenters. The topological polar surface area (TPSA) is 107 Å². The van der Waals surface area contributed by atoms with Crippen molar-refractivity contribution in [2.75, 3.05) is 25.1 Å². The molecule has 10 heteroatoms. The summed E-state index contributed by atoms with van der Waals surface area (Å²) in [7, 11) is -3.54. The Hall–Kier alpha value is -2.95. The first kappa shape index (κ1) is 22.8. The molecular formula is C24H29N5O4S. The molecule has 1 aromatic carbocycles. The number of nitrogens with zero attached hydrogens (tertiary/aromatic N) is 3. The second-order valence-electron chi connectivity index (χ2n) is 8.61. The number of hydrogen-bond donors (Lipinski definition) is 2. The van der Waals surface area contributed by atoms with Gasteiger partial charge >= 0.3 is 0 Å². The molecule has 0 bridgehead atoms. The van der Waals surface area contributed by atoms with Gasteiger partial charge < -0.3 is 14.8 Å². The van der Waals surface area contributed by atoms with Crippen molar-refractivity contribution in [2.45, 2.75) is 49.5 Å². The maximum Gasteiger partial charge on any atom is 0.240 e. The minimum absolute atomic E-state index is 0.195. The molecular weight excluding hydrogens is 454 g/mol. The number of hydrogen-bond acceptors (Lipinski definition) is 7. The van der Waals surface area contributed by atoms with Crippen LogP contribution in [0.3, 0.4) is 0 Å². The smallest absolute Gasteiger partial charge is 0.240 e. The third-order valence-electron chi connectivity index (χ3n) is 5.96. The van der Waals surface area contributed by atoms with Crippen LogP contribution < -0.4 is 14.8 Å². The van der Waals surface area contributed by atoms with Crippen molar-refractivity contribution >= 4 is 21.5 Å². The summed E-state index contributed by atoms with van der Waals surface area (Å²) in [5.41, 5.74) is 1.61. The third kappa shape index (κ3) is 5.24. The van der Waals surface area contributed by atoms with E-state index in [2.05, 4.69) is 15.0 Å². The molecule has 1 saturated heterocycles. The van der Waals surface area contributed by atoms with E-state index in [0.717, 1.165) is 50.3 Å². The average Bonchev–Trinajstić information content (AvgIpc) is 3.61. The summed E-state index contributed by atoms with van der Waals surface area (Å²) < 4.78 is 41.0. The van der Waals surface area contributed by atoms with Crippen LogP contribution in [0.5, 0.6) is 11.5 Å². The Balaban J connectivity index is 1.35. The molecule has 2 aromatic heterocycles. The molecule has 1 aliphatic carbocycles. The average molecular weight is 484 g/mol. The maximum absolute atomic E-state index is 12.3. The van der Waals surface area contributed by atoms with E-state index in [1.54, 1.807) is 49.5 Å². The van der Waals surface area contributed by atoms with E-state index >= 15 is 0 Å². The summed E-state index contributed by atoms with van der Waals surface area (Å²) in [6, 6.07) is 10.7. The molecule has 3 aromatic rings. The summed E-state index contributed by atoms with van der Waals surface area (Å²) >= 11 is 0. The minimum atomic E-state index is -3.54. The number of aromatic nitrogens is 3. The van der Waals surface area contributed by atoms with Crippen molar-refractivity contribution in [1.29, 1.82) is 0 Å². The molecule has 34 heavy (non-hydrogen) atoms. The zero-order chi connectivity index (χ0) is 23.5. The molecule has 180 valence electrons. The molecule has 2 fully saturated rings. The Morgan fingerprint density at radius 3 is 2.74 bits per heavy atom. The molecule has 1 aliphatic heterocycles. The highest BCUT2D eigenvalue weighted by Crippen LogP contribution is 2.40. The number of benzene rings is 1. The van der Waals surface area contributed by atoms with Crippen LogP contribution in [0.25, 0.3) is 0 Å². The summed E-state index contributed by atoms with van der Waals surface area (Å²) in [6.07, 6.45) is 7.85. The quantitative estimate of drug-likeness (QED) is 0.466. The minimum Gasteiger partial charge on any atom is -0.454 e. The molecule has 2 N–H and O–H groups in total. The van der Waals surface area contributed by atoms with Gasteiger partial charge in [0, 0.05) is 43.6 Å². The Morgan fingerprint density at radius 2 is 1.97 bits per heavy atom. The molecule has 0 radical (unpaired) electrons. The zero-order valence-electron chi connectivity index (χ0n) is 19.1. The van der Waals surface area contributed by atoms with Gasteiger partial charge in [0.1, 0.15) is 17.3 Å². The number of rotatable bonds is 9. The predicted octanol–water partition coefficient (Wildman–Crippen LogP) is 4.34. The van der Waals surface area contributed by atoms with Gasteiger partial charge in [-0.05, 0) is 49.9 Å². The van der Waals surface area contributed by atoms with Gasteiger partial charge in [-0.1, -0.05) is 13.0 Å². The van der Waals surface area contributed by atoms with Crippen LogP contribution in [0.1, 0.15) is 50.3 Å². The number of sulfonamides is 1. The maximum atomic E-state index is 12.3. The Bertz CT molecular complexity index is 1250. The first-order valence-electron chi connectivity index (χ1n) is 11.7. The van der Waals surface area contributed by atoms with Crippen LogP contribution in [-0.2, 0) is 14.8 Å². The van der Waals surface area contributed by atoms with Gasteiger partial charge in [-0.2, -0.15) is 5.10 Å². The predicted molar refractivity (Wildman–Crippen MR) is 128 cm³/mol. The van der Waals surface area contributed by atoms with Gasteiger partial charge in [0.05, 0.1) is 17.1 Å². The van der Waals surface area contributed by atoms with E-state index in [0.29, 0.717) is 35.8 Å². The van der Waals surface area contributed by atoms with E-state index in [-0.39, 0.29) is 4.90 Å². The number of anilines is 2. The molecule has 3 heterocycles. The number of pyridine rings is 1. The van der Waals surface area contributed by atoms with Crippen molar-refractivity contribution in [2.24, 2.45) is 0 Å². The second-order valence-corrected chi connectivity index (χ2v) is 10.4. The van der Waals surface area contributed by atoms with E-state index in [9.17, 15) is 8.42 Å². The fourth-order valence-electron chi connectivity index (χ4n) is 4.08. The van der Waals surface area contributed by atoms with Crippen molar-refractivity contribution in [1.82, 2.24) is 19.5 Å². The number of ether oxygens (including phenoxy) is 2. The third-order valence-corrected chi connectivity index (χ3v) is 7.51. The number of nitrogens with one attached hydrogen (secondary N) is 2. The highest BCUT2D eigenvalue weighted by Gasteiger charge is 2.29. The Kier molecular flexibility index (Phi) is 6.53. The molecule has 0 amide bonds. The molecule has 0 atom stereocenters. The van der Waals surface area contributed by atoms with Crippen molar-refractivity contribution in [3.63, 3.8) is 0 Å². The van der Waals surface area contributed by atoms with Crippen molar-refractivity contribution < 1.29 is 17.9 Å². The first-order valence-corrected chi connectivity index (χ1v) is 13.2. The fourth-order valence-corrected chi connectivity index (χ4v) is 5.17. The lowest BCUT2D eigenvalue weighted by Crippen LogP contribution is -2.23. The highest BCUT2D eigenvalue weighted by atomic mass is 32.2. The monoisotopic (exact) mass is 483 g/mol. The highest BCUT2D eigenvalue weighted by molar-refractivity contribution is 7.89. The van der Waals surface area contributed by atoms with Crippen LogP contribution in [-0.4, -0.2) is 42.9 Å². The van der Waals surface area contributed by atoms with Gasteiger partial charge in [0.25, 0.3) is 0 Å². The molecule has 9 nitrogen and oxygen atoms in total. The molecule has 0 spiro atoms. The Morgan fingerprint density at radius 1 is 1.15 bits per heavy atom. The van der Waals surface area contributed by atoms with Gasteiger partial charge in [-0.3, -0.25) is 4.68 Å². The lowest BCUT2D eigenvalue weighted by molar-refractivity contribution is 0.0839. The van der Waals surface area contributed by atoms with Crippen LogP contribution in [0, 0.1) is 0 Å². The van der Waals surface area contributed by atoms with Crippen LogP contribution in [0.15, 0.2) is 53.7 Å². The SMILES string of the molecule is CCNS(=O)(=O)c1cccc(Nc2cc(Oc3cn(C4CC4)nc3C3CCOCC3)ccn2)c1. The van der Waals surface area contributed by atoms with Gasteiger partial charge in [-0.15, -0.1) is 0 Å². The molecule has 1 saturated carbocycles. The lowest BCUT2D eigenvalue weighted by atomic mass is 9.96. The molecule has 2 aliphatic rings. The van der Waals surface area contributed by atoms with Gasteiger partial charge in [-0.25, -0.2) is 18.1 Å². The van der Waals surface area contributed by atoms with Crippen molar-refractivity contribution in [3.8, 4) is 11.5 Å². The van der Waals surface area contributed by atoms with Crippen molar-refractivity contribution in [3.05, 3.63) is 54.5 Å². The zero-order valence-corrected chi connectivity index (χ0v) is 19.9. The Labute approximate surface area is 199 Å². The van der Waals surface area contributed by atoms with E-state index in [1.807, 2.05) is 10.9 Å². The summed E-state index contributed by atoms with van der Waals surface area (Å²) in [5, 5.41) is 8.05. The second kappa shape index (κ2) is 9.73. The summed E-state index contributed by atoms with van der Waals surface area (Å²) in [5.74, 6) is 2.29. The lowest BCUT2D eigenvalue weighted by Gasteiger charge is -2.21. The van der Waals surface area contributed by atoms with Crippen LogP contribution in [0.2, 0.25) is 0 Å². The van der Waals surface area contributed by atoms with Crippen LogP contribution in [0.4, 0.5) is 11.5 Å². The fraction of sp³-hybridized carbons (Fsp3) is 0.417.